The van der Waals surface area contributed by atoms with E-state index in [0.29, 0.717) is 12.5 Å². The first-order chi connectivity index (χ1) is 8.06. The molecule has 17 heavy (non-hydrogen) atoms. The lowest BCUT2D eigenvalue weighted by Crippen LogP contribution is -2.02. The van der Waals surface area contributed by atoms with Crippen LogP contribution in [-0.2, 0) is 4.79 Å². The second-order valence-electron chi connectivity index (χ2n) is 4.57. The highest BCUT2D eigenvalue weighted by Gasteiger charge is 2.13. The SMILES string of the molecule is Cc1cc2c(ncn2C(C)C)c(NC=O)c1C. The van der Waals surface area contributed by atoms with Crippen LogP contribution >= 0.6 is 0 Å². The van der Waals surface area contributed by atoms with Crippen molar-refractivity contribution >= 4 is 23.1 Å². The van der Waals surface area contributed by atoms with Gasteiger partial charge in [-0.15, -0.1) is 0 Å². The molecule has 0 atom stereocenters. The van der Waals surface area contributed by atoms with E-state index in [1.54, 1.807) is 0 Å². The van der Waals surface area contributed by atoms with Gasteiger partial charge in [-0.25, -0.2) is 4.98 Å². The molecule has 0 aliphatic carbocycles. The zero-order chi connectivity index (χ0) is 12.6. The molecule has 0 saturated heterocycles. The van der Waals surface area contributed by atoms with Crippen LogP contribution < -0.4 is 5.32 Å². The van der Waals surface area contributed by atoms with Gasteiger partial charge in [-0.1, -0.05) is 0 Å². The van der Waals surface area contributed by atoms with E-state index in [2.05, 4.69) is 34.8 Å². The summed E-state index contributed by atoms with van der Waals surface area (Å²) in [5.41, 5.74) is 4.96. The molecule has 2 rings (SSSR count). The van der Waals surface area contributed by atoms with Gasteiger partial charge in [-0.05, 0) is 44.9 Å². The maximum Gasteiger partial charge on any atom is 0.211 e. The molecule has 2 aromatic rings. The molecule has 4 nitrogen and oxygen atoms in total. The minimum absolute atomic E-state index is 0.353. The third-order valence-electron chi connectivity index (χ3n) is 3.15. The van der Waals surface area contributed by atoms with Gasteiger partial charge in [0.1, 0.15) is 5.52 Å². The molecular weight excluding hydrogens is 214 g/mol. The van der Waals surface area contributed by atoms with Crippen LogP contribution in [0.3, 0.4) is 0 Å². The summed E-state index contributed by atoms with van der Waals surface area (Å²) >= 11 is 0. The number of fused-ring (bicyclic) bond motifs is 1. The van der Waals surface area contributed by atoms with E-state index in [1.807, 2.05) is 20.2 Å². The van der Waals surface area contributed by atoms with Crippen LogP contribution in [0.15, 0.2) is 12.4 Å². The number of amides is 1. The summed E-state index contributed by atoms with van der Waals surface area (Å²) in [7, 11) is 0. The van der Waals surface area contributed by atoms with Gasteiger partial charge < -0.3 is 9.88 Å². The second-order valence-corrected chi connectivity index (χ2v) is 4.57. The largest absolute Gasteiger partial charge is 0.328 e. The fourth-order valence-corrected chi connectivity index (χ4v) is 2.04. The predicted octanol–water partition coefficient (Wildman–Crippen LogP) is 2.80. The summed E-state index contributed by atoms with van der Waals surface area (Å²) in [6.07, 6.45) is 2.53. The molecule has 0 saturated carbocycles. The average molecular weight is 231 g/mol. The minimum atomic E-state index is 0.353. The maximum absolute atomic E-state index is 10.7. The number of benzene rings is 1. The average Bonchev–Trinajstić information content (AvgIpc) is 2.68. The highest BCUT2D eigenvalue weighted by atomic mass is 16.1. The summed E-state index contributed by atoms with van der Waals surface area (Å²) < 4.78 is 2.11. The quantitative estimate of drug-likeness (QED) is 0.826. The van der Waals surface area contributed by atoms with Gasteiger partial charge in [-0.2, -0.15) is 0 Å². The van der Waals surface area contributed by atoms with E-state index in [-0.39, 0.29) is 0 Å². The zero-order valence-electron chi connectivity index (χ0n) is 10.6. The van der Waals surface area contributed by atoms with Crippen molar-refractivity contribution in [1.29, 1.82) is 0 Å². The summed E-state index contributed by atoms with van der Waals surface area (Å²) in [5, 5.41) is 2.76. The maximum atomic E-state index is 10.7. The van der Waals surface area contributed by atoms with Crippen molar-refractivity contribution in [3.63, 3.8) is 0 Å². The van der Waals surface area contributed by atoms with Crippen LogP contribution in [0.2, 0.25) is 0 Å². The molecule has 0 fully saturated rings. The van der Waals surface area contributed by atoms with Crippen molar-refractivity contribution < 1.29 is 4.79 Å². The number of aromatic nitrogens is 2. The highest BCUT2D eigenvalue weighted by Crippen LogP contribution is 2.30. The van der Waals surface area contributed by atoms with Crippen LogP contribution in [0.5, 0.6) is 0 Å². The number of anilines is 1. The Hall–Kier alpha value is -1.84. The Morgan fingerprint density at radius 2 is 2.12 bits per heavy atom. The Balaban J connectivity index is 2.78. The lowest BCUT2D eigenvalue weighted by molar-refractivity contribution is -0.105. The number of nitrogens with one attached hydrogen (secondary N) is 1. The lowest BCUT2D eigenvalue weighted by atomic mass is 10.1. The molecule has 1 aromatic carbocycles. The number of carbonyl (C=O) groups excluding carboxylic acids is 1. The fourth-order valence-electron chi connectivity index (χ4n) is 2.04. The normalized spacial score (nSPS) is 11.1. The predicted molar refractivity (Wildman–Crippen MR) is 69.3 cm³/mol. The van der Waals surface area contributed by atoms with Crippen LogP contribution in [0.4, 0.5) is 5.69 Å². The van der Waals surface area contributed by atoms with Gasteiger partial charge in [0.25, 0.3) is 0 Å². The van der Waals surface area contributed by atoms with Crippen molar-refractivity contribution in [3.8, 4) is 0 Å². The van der Waals surface area contributed by atoms with Gasteiger partial charge in [0, 0.05) is 6.04 Å². The summed E-state index contributed by atoms with van der Waals surface area (Å²) in [6.45, 7) is 8.27. The van der Waals surface area contributed by atoms with E-state index in [9.17, 15) is 4.79 Å². The first-order valence-corrected chi connectivity index (χ1v) is 5.73. The number of aryl methyl sites for hydroxylation is 1. The van der Waals surface area contributed by atoms with Gasteiger partial charge in [0.05, 0.1) is 17.5 Å². The molecule has 1 N–H and O–H groups in total. The zero-order valence-corrected chi connectivity index (χ0v) is 10.6. The molecule has 90 valence electrons. The molecule has 4 heteroatoms. The minimum Gasteiger partial charge on any atom is -0.328 e. The van der Waals surface area contributed by atoms with Crippen LogP contribution in [0, 0.1) is 13.8 Å². The van der Waals surface area contributed by atoms with Crippen LogP contribution in [0.1, 0.15) is 31.0 Å². The number of imidazole rings is 1. The molecule has 0 aliphatic heterocycles. The number of hydrogen-bond donors (Lipinski definition) is 1. The topological polar surface area (TPSA) is 46.9 Å². The van der Waals surface area contributed by atoms with Crippen LogP contribution in [-0.4, -0.2) is 16.0 Å². The smallest absolute Gasteiger partial charge is 0.211 e. The molecule has 1 heterocycles. The molecule has 1 aromatic heterocycles. The van der Waals surface area contributed by atoms with E-state index >= 15 is 0 Å². The van der Waals surface area contributed by atoms with Crippen molar-refractivity contribution in [2.24, 2.45) is 0 Å². The Morgan fingerprint density at radius 3 is 2.71 bits per heavy atom. The van der Waals surface area contributed by atoms with Crippen molar-refractivity contribution in [2.75, 3.05) is 5.32 Å². The lowest BCUT2D eigenvalue weighted by Gasteiger charge is -2.12. The summed E-state index contributed by atoms with van der Waals surface area (Å²) in [4.78, 5) is 15.1. The number of hydrogen-bond acceptors (Lipinski definition) is 2. The third-order valence-corrected chi connectivity index (χ3v) is 3.15. The van der Waals surface area contributed by atoms with Crippen molar-refractivity contribution in [2.45, 2.75) is 33.7 Å². The Bertz CT molecular complexity index is 570. The van der Waals surface area contributed by atoms with Gasteiger partial charge in [0.2, 0.25) is 6.41 Å². The highest BCUT2D eigenvalue weighted by molar-refractivity contribution is 5.95. The van der Waals surface area contributed by atoms with Gasteiger partial charge in [-0.3, -0.25) is 4.79 Å². The summed E-state index contributed by atoms with van der Waals surface area (Å²) in [5.74, 6) is 0. The third kappa shape index (κ3) is 1.79. The number of rotatable bonds is 3. The van der Waals surface area contributed by atoms with E-state index in [0.717, 1.165) is 27.8 Å². The van der Waals surface area contributed by atoms with Gasteiger partial charge >= 0.3 is 0 Å². The number of carbonyl (C=O) groups is 1. The van der Waals surface area contributed by atoms with E-state index < -0.39 is 0 Å². The second kappa shape index (κ2) is 4.20. The number of nitrogens with zero attached hydrogens (tertiary/aromatic N) is 2. The molecule has 1 amide bonds. The Kier molecular flexibility index (Phi) is 2.88. The fraction of sp³-hybridized carbons (Fsp3) is 0.385. The molecular formula is C13H17N3O. The Morgan fingerprint density at radius 1 is 1.41 bits per heavy atom. The van der Waals surface area contributed by atoms with E-state index in [4.69, 9.17) is 0 Å². The molecule has 0 aliphatic rings. The van der Waals surface area contributed by atoms with Crippen molar-refractivity contribution in [1.82, 2.24) is 9.55 Å². The molecule has 0 bridgehead atoms. The molecule has 0 unspecified atom stereocenters. The standard InChI is InChI=1S/C13H17N3O/c1-8(2)16-6-14-13-11(16)5-9(3)10(4)12(13)15-7-17/h5-8H,1-4H3,(H,15,17). The summed E-state index contributed by atoms with van der Waals surface area (Å²) in [6, 6.07) is 2.47. The van der Waals surface area contributed by atoms with Gasteiger partial charge in [0.15, 0.2) is 0 Å². The Labute approximate surface area is 101 Å². The van der Waals surface area contributed by atoms with Crippen molar-refractivity contribution in [3.05, 3.63) is 23.5 Å². The molecule has 0 spiro atoms. The molecule has 0 radical (unpaired) electrons. The van der Waals surface area contributed by atoms with Crippen LogP contribution in [0.25, 0.3) is 11.0 Å². The first-order valence-electron chi connectivity index (χ1n) is 5.73. The first kappa shape index (κ1) is 11.6. The monoisotopic (exact) mass is 231 g/mol. The van der Waals surface area contributed by atoms with E-state index in [1.165, 1.54) is 0 Å².